The first-order valence-electron chi connectivity index (χ1n) is 3.25. The topological polar surface area (TPSA) is 78.9 Å². The molecule has 0 amide bonds. The van der Waals surface area contributed by atoms with Gasteiger partial charge in [0.05, 0.1) is 0 Å². The van der Waals surface area contributed by atoms with Gasteiger partial charge in [0.15, 0.2) is 0 Å². The van der Waals surface area contributed by atoms with Crippen LogP contribution in [0.15, 0.2) is 11.8 Å². The summed E-state index contributed by atoms with van der Waals surface area (Å²) in [7, 11) is -2.17. The molecule has 0 spiro atoms. The Morgan fingerprint density at radius 2 is 1.60 bits per heavy atom. The first-order valence-corrected chi connectivity index (χ1v) is 3.25. The van der Waals surface area contributed by atoms with Gasteiger partial charge in [-0.25, -0.2) is 9.59 Å². The van der Waals surface area contributed by atoms with Crippen LogP contribution < -0.4 is 0 Å². The van der Waals surface area contributed by atoms with Crippen molar-refractivity contribution < 1.29 is 41.5 Å². The lowest BCUT2D eigenvalue weighted by Gasteiger charge is -2.01. The zero-order chi connectivity index (χ0) is 11.6. The Hall–Kier alpha value is -2.00. The van der Waals surface area contributed by atoms with E-state index in [-0.39, 0.29) is 0 Å². The molecule has 0 aromatic carbocycles. The van der Waals surface area contributed by atoms with E-state index in [1.54, 1.807) is 0 Å². The van der Waals surface area contributed by atoms with Gasteiger partial charge >= 0.3 is 31.3 Å². The first kappa shape index (κ1) is 11.1. The van der Waals surface area contributed by atoms with E-state index >= 15 is 0 Å². The quantitative estimate of drug-likeness (QED) is 0.215. The van der Waals surface area contributed by atoms with Crippen LogP contribution in [0.2, 0.25) is 0 Å². The average molecular weight is 224 g/mol. The van der Waals surface area contributed by atoms with Crippen LogP contribution in [0.25, 0.3) is 0 Å². The molecule has 0 radical (unpaired) electrons. The van der Waals surface area contributed by atoms with Gasteiger partial charge in [-0.2, -0.15) is 13.2 Å². The van der Waals surface area contributed by atoms with Gasteiger partial charge in [0, 0.05) is 0 Å². The molecule has 80 valence electrons. The highest BCUT2D eigenvalue weighted by Gasteiger charge is 2.47. The second-order valence-electron chi connectivity index (χ2n) is 2.08. The Morgan fingerprint density at radius 1 is 1.13 bits per heavy atom. The highest BCUT2D eigenvalue weighted by Crippen LogP contribution is 2.15. The van der Waals surface area contributed by atoms with Gasteiger partial charge in [0.2, 0.25) is 0 Å². The number of hydrogen-bond acceptors (Lipinski definition) is 6. The van der Waals surface area contributed by atoms with Crippen LogP contribution in [0, 0.1) is 0 Å². The van der Waals surface area contributed by atoms with Crippen molar-refractivity contribution in [3.63, 3.8) is 0 Å². The van der Waals surface area contributed by atoms with Gasteiger partial charge in [0.25, 0.3) is 5.83 Å². The normalized spacial score (nSPS) is 16.9. The fraction of sp³-hybridized carbons (Fsp3) is 0. The summed E-state index contributed by atoms with van der Waals surface area (Å²) in [4.78, 5) is 30.3. The third kappa shape index (κ3) is 2.48. The van der Waals surface area contributed by atoms with Crippen molar-refractivity contribution in [2.45, 2.75) is 0 Å². The van der Waals surface area contributed by atoms with Crippen LogP contribution in [0.1, 0.15) is 0 Å². The van der Waals surface area contributed by atoms with Crippen molar-refractivity contribution >= 4 is 25.3 Å². The van der Waals surface area contributed by atoms with E-state index in [0.717, 1.165) is 0 Å². The average Bonchev–Trinajstić information content (AvgIpc) is 2.44. The zero-order valence-corrected chi connectivity index (χ0v) is 6.66. The molecule has 0 unspecified atom stereocenters. The van der Waals surface area contributed by atoms with Gasteiger partial charge in [-0.05, 0) is 0 Å². The van der Waals surface area contributed by atoms with E-state index in [2.05, 4.69) is 14.0 Å². The highest BCUT2D eigenvalue weighted by atomic mass is 19.2. The van der Waals surface area contributed by atoms with E-state index < -0.39 is 37.1 Å². The standard InChI is InChI=1S/C5BF3O6/c7-1(2(8)10)3(9)13-6-14-4(11)5(12)15-6. The van der Waals surface area contributed by atoms with Crippen LogP contribution >= 0.6 is 0 Å². The van der Waals surface area contributed by atoms with Crippen LogP contribution in [0.5, 0.6) is 0 Å². The summed E-state index contributed by atoms with van der Waals surface area (Å²) in [5, 5.41) is 0. The van der Waals surface area contributed by atoms with E-state index in [4.69, 9.17) is 0 Å². The maximum Gasteiger partial charge on any atom is 0.870 e. The van der Waals surface area contributed by atoms with E-state index in [1.807, 2.05) is 0 Å². The lowest BCUT2D eigenvalue weighted by atomic mass is 10.2. The molecule has 1 heterocycles. The molecule has 0 atom stereocenters. The SMILES string of the molecule is O=C(F)C(F)=C(F)OB1OC(=O)C(=O)O1. The van der Waals surface area contributed by atoms with Gasteiger partial charge < -0.3 is 14.0 Å². The van der Waals surface area contributed by atoms with E-state index in [1.165, 1.54) is 0 Å². The predicted molar refractivity (Wildman–Crippen MR) is 34.4 cm³/mol. The Bertz CT molecular complexity index is 350. The molecule has 1 aliphatic heterocycles. The molecule has 15 heavy (non-hydrogen) atoms. The summed E-state index contributed by atoms with van der Waals surface area (Å²) in [5.74, 6) is -5.44. The maximum absolute atomic E-state index is 12.4. The molecular weight excluding hydrogens is 224 g/mol. The number of allylic oxidation sites excluding steroid dienone is 1. The largest absolute Gasteiger partial charge is 0.870 e. The molecule has 1 rings (SSSR count). The predicted octanol–water partition coefficient (Wildman–Crippen LogP) is -0.308. The Kier molecular flexibility index (Phi) is 2.97. The van der Waals surface area contributed by atoms with Crippen LogP contribution in [-0.4, -0.2) is 25.3 Å². The fourth-order valence-corrected chi connectivity index (χ4v) is 0.557. The van der Waals surface area contributed by atoms with Crippen molar-refractivity contribution in [1.82, 2.24) is 0 Å². The minimum atomic E-state index is -2.72. The minimum Gasteiger partial charge on any atom is -0.465 e. The van der Waals surface area contributed by atoms with Crippen molar-refractivity contribution in [3.05, 3.63) is 11.8 Å². The summed E-state index contributed by atoms with van der Waals surface area (Å²) < 4.78 is 47.5. The second kappa shape index (κ2) is 4.03. The maximum atomic E-state index is 12.4. The lowest BCUT2D eigenvalue weighted by Crippen LogP contribution is -2.19. The smallest absolute Gasteiger partial charge is 0.465 e. The van der Waals surface area contributed by atoms with Gasteiger partial charge in [-0.15, -0.1) is 0 Å². The van der Waals surface area contributed by atoms with E-state index in [0.29, 0.717) is 0 Å². The summed E-state index contributed by atoms with van der Waals surface area (Å²) >= 11 is 0. The summed E-state index contributed by atoms with van der Waals surface area (Å²) in [5.41, 5.74) is 0. The molecule has 1 fully saturated rings. The number of carbonyl (C=O) groups excluding carboxylic acids is 3. The monoisotopic (exact) mass is 224 g/mol. The minimum absolute atomic E-state index is 1.49. The fourth-order valence-electron chi connectivity index (χ4n) is 0.557. The molecule has 10 heteroatoms. The second-order valence-corrected chi connectivity index (χ2v) is 2.08. The van der Waals surface area contributed by atoms with Gasteiger partial charge in [-0.1, -0.05) is 0 Å². The number of halogens is 3. The molecule has 0 aromatic rings. The first-order chi connectivity index (χ1) is 6.91. The van der Waals surface area contributed by atoms with Crippen molar-refractivity contribution in [3.8, 4) is 0 Å². The molecule has 6 nitrogen and oxygen atoms in total. The van der Waals surface area contributed by atoms with Gasteiger partial charge in [-0.3, -0.25) is 4.79 Å². The molecule has 0 saturated carbocycles. The van der Waals surface area contributed by atoms with Crippen molar-refractivity contribution in [1.29, 1.82) is 0 Å². The Balaban J connectivity index is 2.65. The summed E-state index contributed by atoms with van der Waals surface area (Å²) in [6.45, 7) is 0. The third-order valence-corrected chi connectivity index (χ3v) is 1.12. The number of rotatable bonds is 3. The number of hydrogen-bond donors (Lipinski definition) is 0. The third-order valence-electron chi connectivity index (χ3n) is 1.12. The summed E-state index contributed by atoms with van der Waals surface area (Å²) in [6.07, 6.45) is 0. The van der Waals surface area contributed by atoms with Crippen LogP contribution in [0.4, 0.5) is 13.2 Å². The molecule has 1 aliphatic rings. The molecule has 0 aromatic heterocycles. The molecule has 0 N–H and O–H groups in total. The molecule has 0 bridgehead atoms. The zero-order valence-electron chi connectivity index (χ0n) is 6.66. The van der Waals surface area contributed by atoms with Crippen molar-refractivity contribution in [2.24, 2.45) is 0 Å². The van der Waals surface area contributed by atoms with Crippen LogP contribution in [-0.2, 0) is 28.3 Å². The molecule has 0 aliphatic carbocycles. The number of carbonyl (C=O) groups is 3. The Labute approximate surface area is 79.8 Å². The molecular formula is C5BF3O6. The van der Waals surface area contributed by atoms with E-state index in [9.17, 15) is 27.6 Å². The lowest BCUT2D eigenvalue weighted by molar-refractivity contribution is -0.150. The van der Waals surface area contributed by atoms with Crippen molar-refractivity contribution in [2.75, 3.05) is 0 Å². The highest BCUT2D eigenvalue weighted by molar-refractivity contribution is 6.55. The summed E-state index contributed by atoms with van der Waals surface area (Å²) in [6, 6.07) is -5.02. The van der Waals surface area contributed by atoms with Gasteiger partial charge in [0.1, 0.15) is 0 Å². The van der Waals surface area contributed by atoms with Crippen LogP contribution in [0.3, 0.4) is 0 Å². The molecule has 1 saturated heterocycles. The Morgan fingerprint density at radius 3 is 2.00 bits per heavy atom.